The van der Waals surface area contributed by atoms with Crippen LogP contribution in [0, 0.1) is 19.8 Å². The van der Waals surface area contributed by atoms with Crippen LogP contribution in [-0.2, 0) is 20.8 Å². The molecule has 1 aromatic heterocycles. The van der Waals surface area contributed by atoms with E-state index in [0.717, 1.165) is 22.5 Å². The van der Waals surface area contributed by atoms with E-state index >= 15 is 0 Å². The van der Waals surface area contributed by atoms with Gasteiger partial charge in [-0.2, -0.15) is 0 Å². The zero-order valence-corrected chi connectivity index (χ0v) is 16.4. The summed E-state index contributed by atoms with van der Waals surface area (Å²) < 4.78 is 0. The average Bonchev–Trinajstić information content (AvgIpc) is 3.07. The van der Waals surface area contributed by atoms with Crippen LogP contribution in [0.3, 0.4) is 0 Å². The molecule has 1 unspecified atom stereocenters. The molecule has 1 aromatic carbocycles. The smallest absolute Gasteiger partial charge is 0.269 e. The highest BCUT2D eigenvalue weighted by molar-refractivity contribution is 7.13. The Bertz CT molecular complexity index is 941. The van der Waals surface area contributed by atoms with E-state index in [-0.39, 0.29) is 17.7 Å². The predicted octanol–water partition coefficient (Wildman–Crippen LogP) is 3.05. The summed E-state index contributed by atoms with van der Waals surface area (Å²) in [6.07, 6.45) is 4.85. The van der Waals surface area contributed by atoms with Crippen molar-refractivity contribution in [3.63, 3.8) is 0 Å². The van der Waals surface area contributed by atoms with Gasteiger partial charge in [-0.15, -0.1) is 11.3 Å². The minimum atomic E-state index is -0.589. The lowest BCUT2D eigenvalue weighted by atomic mass is 10.1. The molecule has 0 saturated heterocycles. The zero-order valence-electron chi connectivity index (χ0n) is 15.6. The van der Waals surface area contributed by atoms with Gasteiger partial charge in [0, 0.05) is 29.8 Å². The number of aliphatic imine (C=N–C) groups is 1. The number of aryl methyl sites for hydroxylation is 3. The van der Waals surface area contributed by atoms with Crippen molar-refractivity contribution >= 4 is 46.1 Å². The minimum absolute atomic E-state index is 0.0863. The molecule has 1 atom stereocenters. The number of benzene rings is 1. The number of hydrogen-bond donors (Lipinski definition) is 2. The average molecular weight is 396 g/mol. The van der Waals surface area contributed by atoms with Gasteiger partial charge in [0.15, 0.2) is 5.13 Å². The predicted molar refractivity (Wildman–Crippen MR) is 110 cm³/mol. The molecule has 0 spiro atoms. The first-order valence-electron chi connectivity index (χ1n) is 8.79. The summed E-state index contributed by atoms with van der Waals surface area (Å²) in [7, 11) is 0. The SMILES string of the molecule is Cc1cc(C)cc(NC(=O)CCc2csc(NC(=O)C3C=CC(=O)N=C3)n2)c1. The number of rotatable bonds is 6. The van der Waals surface area contributed by atoms with Gasteiger partial charge in [-0.1, -0.05) is 12.1 Å². The highest BCUT2D eigenvalue weighted by Gasteiger charge is 2.18. The Labute approximate surface area is 166 Å². The Balaban J connectivity index is 1.49. The van der Waals surface area contributed by atoms with Gasteiger partial charge in [0.25, 0.3) is 5.91 Å². The summed E-state index contributed by atoms with van der Waals surface area (Å²) in [6, 6.07) is 5.91. The lowest BCUT2D eigenvalue weighted by Gasteiger charge is -2.08. The van der Waals surface area contributed by atoms with Crippen molar-refractivity contribution < 1.29 is 14.4 Å². The van der Waals surface area contributed by atoms with Crippen molar-refractivity contribution in [2.24, 2.45) is 10.9 Å². The second kappa shape index (κ2) is 8.71. The van der Waals surface area contributed by atoms with Crippen LogP contribution < -0.4 is 10.6 Å². The normalized spacial score (nSPS) is 15.5. The molecular formula is C20H20N4O3S. The van der Waals surface area contributed by atoms with Crippen molar-refractivity contribution in [1.82, 2.24) is 4.98 Å². The van der Waals surface area contributed by atoms with E-state index in [1.165, 1.54) is 29.7 Å². The maximum atomic E-state index is 12.2. The van der Waals surface area contributed by atoms with E-state index in [9.17, 15) is 14.4 Å². The van der Waals surface area contributed by atoms with Crippen LogP contribution in [0.1, 0.15) is 23.2 Å². The van der Waals surface area contributed by atoms with Gasteiger partial charge in [0.2, 0.25) is 11.8 Å². The number of aromatic nitrogens is 1. The molecule has 8 heteroatoms. The Kier molecular flexibility index (Phi) is 6.10. The van der Waals surface area contributed by atoms with Gasteiger partial charge in [-0.05, 0) is 43.5 Å². The maximum Gasteiger partial charge on any atom is 0.269 e. The number of carbonyl (C=O) groups excluding carboxylic acids is 3. The molecule has 0 radical (unpaired) electrons. The minimum Gasteiger partial charge on any atom is -0.326 e. The molecule has 0 fully saturated rings. The summed E-state index contributed by atoms with van der Waals surface area (Å²) in [5, 5.41) is 7.86. The third-order valence-electron chi connectivity index (χ3n) is 4.01. The molecule has 0 aliphatic carbocycles. The van der Waals surface area contributed by atoms with Gasteiger partial charge < -0.3 is 10.6 Å². The second-order valence-corrected chi connectivity index (χ2v) is 7.42. The molecule has 2 aromatic rings. The maximum absolute atomic E-state index is 12.2. The number of nitrogens with zero attached hydrogens (tertiary/aromatic N) is 2. The van der Waals surface area contributed by atoms with Crippen molar-refractivity contribution in [3.05, 3.63) is 52.6 Å². The molecule has 0 bridgehead atoms. The first kappa shape index (κ1) is 19.6. The van der Waals surface area contributed by atoms with Crippen LogP contribution in [0.5, 0.6) is 0 Å². The summed E-state index contributed by atoms with van der Waals surface area (Å²) in [5.41, 5.74) is 3.71. The third-order valence-corrected chi connectivity index (χ3v) is 4.81. The van der Waals surface area contributed by atoms with Crippen LogP contribution in [0.15, 0.2) is 40.7 Å². The van der Waals surface area contributed by atoms with E-state index < -0.39 is 5.92 Å². The number of nitrogens with one attached hydrogen (secondary N) is 2. The fraction of sp³-hybridized carbons (Fsp3) is 0.250. The molecule has 3 rings (SSSR count). The van der Waals surface area contributed by atoms with E-state index in [1.807, 2.05) is 37.4 Å². The molecule has 2 N–H and O–H groups in total. The van der Waals surface area contributed by atoms with E-state index in [4.69, 9.17) is 0 Å². The van der Waals surface area contributed by atoms with Crippen molar-refractivity contribution in [2.45, 2.75) is 26.7 Å². The van der Waals surface area contributed by atoms with Crippen LogP contribution in [0.25, 0.3) is 0 Å². The van der Waals surface area contributed by atoms with Gasteiger partial charge in [0.1, 0.15) is 0 Å². The van der Waals surface area contributed by atoms with Gasteiger partial charge in [0.05, 0.1) is 11.6 Å². The number of hydrogen-bond acceptors (Lipinski definition) is 5. The van der Waals surface area contributed by atoms with Crippen molar-refractivity contribution in [2.75, 3.05) is 10.6 Å². The summed E-state index contributed by atoms with van der Waals surface area (Å²) in [6.45, 7) is 3.97. The quantitative estimate of drug-likeness (QED) is 0.784. The Hall–Kier alpha value is -3.13. The molecule has 7 nitrogen and oxygen atoms in total. The number of dihydropyridines is 1. The fourth-order valence-electron chi connectivity index (χ4n) is 2.77. The zero-order chi connectivity index (χ0) is 20.1. The topological polar surface area (TPSA) is 101 Å². The Morgan fingerprint density at radius 3 is 2.57 bits per heavy atom. The molecular weight excluding hydrogens is 376 g/mol. The first-order valence-corrected chi connectivity index (χ1v) is 9.67. The third kappa shape index (κ3) is 5.43. The number of anilines is 2. The fourth-order valence-corrected chi connectivity index (χ4v) is 3.52. The standard InChI is InChI=1S/C20H20N4O3S/c1-12-7-13(2)9-16(8-12)22-18(26)6-4-15-11-28-20(23-15)24-19(27)14-3-5-17(25)21-10-14/h3,5,7-11,14H,4,6H2,1-2H3,(H,22,26)(H,23,24,27). The van der Waals surface area contributed by atoms with Crippen LogP contribution in [0.2, 0.25) is 0 Å². The molecule has 2 heterocycles. The molecule has 144 valence electrons. The number of carbonyl (C=O) groups is 3. The summed E-state index contributed by atoms with van der Waals surface area (Å²) in [5.74, 6) is -1.36. The highest BCUT2D eigenvalue weighted by atomic mass is 32.1. The van der Waals surface area contributed by atoms with E-state index in [1.54, 1.807) is 0 Å². The molecule has 28 heavy (non-hydrogen) atoms. The number of thiazole rings is 1. The molecule has 0 saturated carbocycles. The lowest BCUT2D eigenvalue weighted by molar-refractivity contribution is -0.117. The van der Waals surface area contributed by atoms with Crippen LogP contribution in [-0.4, -0.2) is 28.9 Å². The monoisotopic (exact) mass is 396 g/mol. The van der Waals surface area contributed by atoms with Gasteiger partial charge >= 0.3 is 0 Å². The van der Waals surface area contributed by atoms with E-state index in [0.29, 0.717) is 18.0 Å². The first-order chi connectivity index (χ1) is 13.4. The largest absolute Gasteiger partial charge is 0.326 e. The van der Waals surface area contributed by atoms with E-state index in [2.05, 4.69) is 20.6 Å². The van der Waals surface area contributed by atoms with Gasteiger partial charge in [-0.25, -0.2) is 9.98 Å². The van der Waals surface area contributed by atoms with Crippen LogP contribution >= 0.6 is 11.3 Å². The Morgan fingerprint density at radius 2 is 1.89 bits per heavy atom. The summed E-state index contributed by atoms with van der Waals surface area (Å²) >= 11 is 1.29. The molecule has 1 aliphatic rings. The second-order valence-electron chi connectivity index (χ2n) is 6.56. The van der Waals surface area contributed by atoms with Gasteiger partial charge in [-0.3, -0.25) is 14.4 Å². The Morgan fingerprint density at radius 1 is 1.14 bits per heavy atom. The number of amides is 3. The van der Waals surface area contributed by atoms with Crippen molar-refractivity contribution in [3.8, 4) is 0 Å². The molecule has 3 amide bonds. The van der Waals surface area contributed by atoms with Crippen LogP contribution in [0.4, 0.5) is 10.8 Å². The summed E-state index contributed by atoms with van der Waals surface area (Å²) in [4.78, 5) is 43.3. The molecule has 1 aliphatic heterocycles. The highest BCUT2D eigenvalue weighted by Crippen LogP contribution is 2.19. The lowest BCUT2D eigenvalue weighted by Crippen LogP contribution is -2.24. The van der Waals surface area contributed by atoms with Crippen molar-refractivity contribution in [1.29, 1.82) is 0 Å².